The number of furan rings is 1. The summed E-state index contributed by atoms with van der Waals surface area (Å²) in [6, 6.07) is 8.58. The molecule has 0 saturated carbocycles. The van der Waals surface area contributed by atoms with E-state index < -0.39 is 0 Å². The SMILES string of the molecule is CCc1cccnc1CNC(C)CCc1ccco1. The van der Waals surface area contributed by atoms with E-state index in [1.165, 1.54) is 5.56 Å². The van der Waals surface area contributed by atoms with Crippen molar-refractivity contribution in [1.29, 1.82) is 0 Å². The highest BCUT2D eigenvalue weighted by Gasteiger charge is 2.06. The number of aromatic nitrogens is 1. The minimum Gasteiger partial charge on any atom is -0.469 e. The van der Waals surface area contributed by atoms with E-state index in [1.54, 1.807) is 6.26 Å². The van der Waals surface area contributed by atoms with Gasteiger partial charge in [0.05, 0.1) is 12.0 Å². The van der Waals surface area contributed by atoms with Crippen LogP contribution in [0.2, 0.25) is 0 Å². The van der Waals surface area contributed by atoms with Crippen LogP contribution in [0, 0.1) is 0 Å². The van der Waals surface area contributed by atoms with Gasteiger partial charge in [-0.15, -0.1) is 0 Å². The molecule has 2 aromatic rings. The topological polar surface area (TPSA) is 38.1 Å². The van der Waals surface area contributed by atoms with Gasteiger partial charge in [-0.3, -0.25) is 4.98 Å². The van der Waals surface area contributed by atoms with E-state index in [1.807, 2.05) is 24.4 Å². The number of aryl methyl sites for hydroxylation is 2. The second-order valence-corrected chi connectivity index (χ2v) is 4.86. The number of hydrogen-bond donors (Lipinski definition) is 1. The molecule has 1 unspecified atom stereocenters. The summed E-state index contributed by atoms with van der Waals surface area (Å²) >= 11 is 0. The number of hydrogen-bond acceptors (Lipinski definition) is 3. The molecule has 0 aromatic carbocycles. The Labute approximate surface area is 115 Å². The highest BCUT2D eigenvalue weighted by molar-refractivity contribution is 5.19. The van der Waals surface area contributed by atoms with Gasteiger partial charge in [0.25, 0.3) is 0 Å². The van der Waals surface area contributed by atoms with Crippen LogP contribution >= 0.6 is 0 Å². The summed E-state index contributed by atoms with van der Waals surface area (Å²) in [5.74, 6) is 1.06. The smallest absolute Gasteiger partial charge is 0.103 e. The zero-order valence-electron chi connectivity index (χ0n) is 11.7. The molecule has 3 heteroatoms. The van der Waals surface area contributed by atoms with Crippen molar-refractivity contribution in [3.05, 3.63) is 53.7 Å². The summed E-state index contributed by atoms with van der Waals surface area (Å²) in [5.41, 5.74) is 2.49. The lowest BCUT2D eigenvalue weighted by molar-refractivity contribution is 0.458. The van der Waals surface area contributed by atoms with Gasteiger partial charge in [0, 0.05) is 25.2 Å². The third-order valence-corrected chi connectivity index (χ3v) is 3.39. The van der Waals surface area contributed by atoms with Gasteiger partial charge in [0.1, 0.15) is 5.76 Å². The minimum absolute atomic E-state index is 0.455. The van der Waals surface area contributed by atoms with E-state index in [4.69, 9.17) is 4.42 Å². The number of pyridine rings is 1. The summed E-state index contributed by atoms with van der Waals surface area (Å²) in [7, 11) is 0. The molecular formula is C16H22N2O. The molecule has 2 heterocycles. The lowest BCUT2D eigenvalue weighted by Gasteiger charge is -2.14. The lowest BCUT2D eigenvalue weighted by Crippen LogP contribution is -2.26. The fourth-order valence-corrected chi connectivity index (χ4v) is 2.14. The Kier molecular flexibility index (Phi) is 5.16. The monoisotopic (exact) mass is 258 g/mol. The standard InChI is InChI=1S/C16H22N2O/c1-3-14-6-4-10-17-16(14)12-18-13(2)8-9-15-7-5-11-19-15/h4-7,10-11,13,18H,3,8-9,12H2,1-2H3. The van der Waals surface area contributed by atoms with Crippen LogP contribution in [0.3, 0.4) is 0 Å². The van der Waals surface area contributed by atoms with E-state index in [2.05, 4.69) is 30.2 Å². The van der Waals surface area contributed by atoms with Crippen LogP contribution in [0.15, 0.2) is 41.1 Å². The normalized spacial score (nSPS) is 12.5. The maximum atomic E-state index is 5.34. The fourth-order valence-electron chi connectivity index (χ4n) is 2.14. The molecule has 102 valence electrons. The Morgan fingerprint density at radius 3 is 2.95 bits per heavy atom. The highest BCUT2D eigenvalue weighted by atomic mass is 16.3. The zero-order chi connectivity index (χ0) is 13.5. The molecule has 0 bridgehead atoms. The van der Waals surface area contributed by atoms with Gasteiger partial charge >= 0.3 is 0 Å². The average Bonchev–Trinajstić information content (AvgIpc) is 2.96. The van der Waals surface area contributed by atoms with Crippen LogP contribution in [-0.4, -0.2) is 11.0 Å². The van der Waals surface area contributed by atoms with Crippen molar-refractivity contribution in [1.82, 2.24) is 10.3 Å². The molecule has 19 heavy (non-hydrogen) atoms. The fraction of sp³-hybridized carbons (Fsp3) is 0.438. The first kappa shape index (κ1) is 13.8. The molecule has 0 fully saturated rings. The molecule has 0 saturated heterocycles. The molecule has 1 atom stereocenters. The summed E-state index contributed by atoms with van der Waals surface area (Å²) < 4.78 is 5.34. The lowest BCUT2D eigenvalue weighted by atomic mass is 10.1. The second kappa shape index (κ2) is 7.10. The van der Waals surface area contributed by atoms with Gasteiger partial charge in [0.2, 0.25) is 0 Å². The van der Waals surface area contributed by atoms with Gasteiger partial charge in [-0.1, -0.05) is 13.0 Å². The Balaban J connectivity index is 1.78. The summed E-state index contributed by atoms with van der Waals surface area (Å²) in [6.07, 6.45) is 6.68. The van der Waals surface area contributed by atoms with E-state index in [0.29, 0.717) is 6.04 Å². The van der Waals surface area contributed by atoms with Crippen molar-refractivity contribution < 1.29 is 4.42 Å². The maximum absolute atomic E-state index is 5.34. The first-order valence-corrected chi connectivity index (χ1v) is 6.98. The molecule has 3 nitrogen and oxygen atoms in total. The Hall–Kier alpha value is -1.61. The average molecular weight is 258 g/mol. The van der Waals surface area contributed by atoms with Crippen LogP contribution in [0.1, 0.15) is 37.3 Å². The quantitative estimate of drug-likeness (QED) is 0.827. The maximum Gasteiger partial charge on any atom is 0.103 e. The molecule has 0 spiro atoms. The van der Waals surface area contributed by atoms with Crippen molar-refractivity contribution in [2.45, 2.75) is 45.7 Å². The Morgan fingerprint density at radius 1 is 1.32 bits per heavy atom. The first-order chi connectivity index (χ1) is 9.29. The molecular weight excluding hydrogens is 236 g/mol. The molecule has 0 aliphatic rings. The third-order valence-electron chi connectivity index (χ3n) is 3.39. The molecule has 0 amide bonds. The highest BCUT2D eigenvalue weighted by Crippen LogP contribution is 2.08. The first-order valence-electron chi connectivity index (χ1n) is 6.98. The number of nitrogens with one attached hydrogen (secondary N) is 1. The van der Waals surface area contributed by atoms with Crippen LogP contribution in [0.25, 0.3) is 0 Å². The van der Waals surface area contributed by atoms with E-state index in [9.17, 15) is 0 Å². The number of rotatable bonds is 7. The van der Waals surface area contributed by atoms with Crippen molar-refractivity contribution in [3.63, 3.8) is 0 Å². The largest absolute Gasteiger partial charge is 0.469 e. The molecule has 0 aliphatic carbocycles. The summed E-state index contributed by atoms with van der Waals surface area (Å²) in [6.45, 7) is 5.21. The van der Waals surface area contributed by atoms with Gasteiger partial charge in [0.15, 0.2) is 0 Å². The zero-order valence-corrected chi connectivity index (χ0v) is 11.7. The molecule has 0 aliphatic heterocycles. The summed E-state index contributed by atoms with van der Waals surface area (Å²) in [5, 5.41) is 3.53. The van der Waals surface area contributed by atoms with Gasteiger partial charge in [-0.2, -0.15) is 0 Å². The van der Waals surface area contributed by atoms with Gasteiger partial charge in [-0.05, 0) is 43.5 Å². The summed E-state index contributed by atoms with van der Waals surface area (Å²) in [4.78, 5) is 4.45. The number of nitrogens with zero attached hydrogens (tertiary/aromatic N) is 1. The Morgan fingerprint density at radius 2 is 2.21 bits per heavy atom. The molecule has 0 radical (unpaired) electrons. The van der Waals surface area contributed by atoms with Crippen LogP contribution in [0.4, 0.5) is 0 Å². The van der Waals surface area contributed by atoms with Crippen molar-refractivity contribution in [3.8, 4) is 0 Å². The molecule has 2 aromatic heterocycles. The van der Waals surface area contributed by atoms with E-state index >= 15 is 0 Å². The predicted molar refractivity (Wildman–Crippen MR) is 76.9 cm³/mol. The second-order valence-electron chi connectivity index (χ2n) is 4.86. The molecule has 1 N–H and O–H groups in total. The van der Waals surface area contributed by atoms with Gasteiger partial charge in [-0.25, -0.2) is 0 Å². The van der Waals surface area contributed by atoms with Gasteiger partial charge < -0.3 is 9.73 Å². The van der Waals surface area contributed by atoms with Crippen LogP contribution < -0.4 is 5.32 Å². The van der Waals surface area contributed by atoms with E-state index in [-0.39, 0.29) is 0 Å². The van der Waals surface area contributed by atoms with E-state index in [0.717, 1.165) is 37.3 Å². The van der Waals surface area contributed by atoms with Crippen LogP contribution in [-0.2, 0) is 19.4 Å². The predicted octanol–water partition coefficient (Wildman–Crippen LogP) is 3.35. The third kappa shape index (κ3) is 4.21. The molecule has 2 rings (SSSR count). The van der Waals surface area contributed by atoms with Crippen molar-refractivity contribution in [2.75, 3.05) is 0 Å². The minimum atomic E-state index is 0.455. The van der Waals surface area contributed by atoms with Crippen molar-refractivity contribution >= 4 is 0 Å². The van der Waals surface area contributed by atoms with Crippen LogP contribution in [0.5, 0.6) is 0 Å². The van der Waals surface area contributed by atoms with Crippen molar-refractivity contribution in [2.24, 2.45) is 0 Å². The Bertz CT molecular complexity index is 479.